The molecule has 0 amide bonds. The molecule has 0 radical (unpaired) electrons. The van der Waals surface area contributed by atoms with Gasteiger partial charge in [0.25, 0.3) is 0 Å². The molecule has 7 rings (SSSR count). The number of hydrogen-bond donors (Lipinski definition) is 0. The molecule has 3 aromatic carbocycles. The molecule has 4 heteroatoms. The number of hydrogen-bond acceptors (Lipinski definition) is 2. The zero-order chi connectivity index (χ0) is 25.6. The molecular formula is C34H32N2S2. The van der Waals surface area contributed by atoms with Crippen LogP contribution in [0.15, 0.2) is 85.2 Å². The van der Waals surface area contributed by atoms with Crippen LogP contribution in [0.5, 0.6) is 0 Å². The first-order valence-electron chi connectivity index (χ1n) is 13.9. The SMILES string of the molecule is CCCCc1ccc(-n2ccc3c4ccc5c(ccc6c5ccn6-c5ccc(CCCC)s5)c4ccc32)s1. The Labute approximate surface area is 231 Å². The highest BCUT2D eigenvalue weighted by atomic mass is 32.1. The van der Waals surface area contributed by atoms with E-state index < -0.39 is 0 Å². The van der Waals surface area contributed by atoms with Crippen molar-refractivity contribution in [2.24, 2.45) is 0 Å². The number of fused-ring (bicyclic) bond motifs is 7. The largest absolute Gasteiger partial charge is 0.308 e. The summed E-state index contributed by atoms with van der Waals surface area (Å²) in [5.41, 5.74) is 2.56. The first kappa shape index (κ1) is 23.8. The highest BCUT2D eigenvalue weighted by Gasteiger charge is 2.14. The number of aromatic nitrogens is 2. The van der Waals surface area contributed by atoms with Crippen LogP contribution in [0.4, 0.5) is 0 Å². The standard InChI is InChI=1S/C34H32N2S2/c1-3-5-7-23-9-17-33(37-23)35-21-19-29-27-11-12-28-26(25(27)13-15-31(29)35)14-16-32-30(28)20-22-36(32)34-18-10-24(38-34)8-6-4-2/h9-22H,3-8H2,1-2H3. The van der Waals surface area contributed by atoms with E-state index in [1.54, 1.807) is 0 Å². The molecule has 0 unspecified atom stereocenters. The summed E-state index contributed by atoms with van der Waals surface area (Å²) in [5.74, 6) is 0. The van der Waals surface area contributed by atoms with Crippen LogP contribution in [0, 0.1) is 0 Å². The Bertz CT molecular complexity index is 1770. The summed E-state index contributed by atoms with van der Waals surface area (Å²) in [4.78, 5) is 2.96. The van der Waals surface area contributed by atoms with Crippen molar-refractivity contribution < 1.29 is 0 Å². The van der Waals surface area contributed by atoms with Gasteiger partial charge in [-0.2, -0.15) is 0 Å². The van der Waals surface area contributed by atoms with E-state index in [4.69, 9.17) is 0 Å². The lowest BCUT2D eigenvalue weighted by molar-refractivity contribution is 0.804. The fourth-order valence-corrected chi connectivity index (χ4v) is 7.91. The zero-order valence-corrected chi connectivity index (χ0v) is 23.7. The van der Waals surface area contributed by atoms with Crippen LogP contribution < -0.4 is 0 Å². The third kappa shape index (κ3) is 3.90. The molecule has 4 heterocycles. The highest BCUT2D eigenvalue weighted by Crippen LogP contribution is 2.38. The van der Waals surface area contributed by atoms with Gasteiger partial charge in [-0.25, -0.2) is 0 Å². The summed E-state index contributed by atoms with van der Waals surface area (Å²) >= 11 is 3.84. The smallest absolute Gasteiger partial charge is 0.0997 e. The third-order valence-electron chi connectivity index (χ3n) is 7.86. The van der Waals surface area contributed by atoms with Gasteiger partial charge in [0.1, 0.15) is 0 Å². The molecule has 0 atom stereocenters. The quantitative estimate of drug-likeness (QED) is 0.172. The van der Waals surface area contributed by atoms with Crippen molar-refractivity contribution in [2.75, 3.05) is 0 Å². The monoisotopic (exact) mass is 532 g/mol. The number of aryl methyl sites for hydroxylation is 2. The first-order valence-corrected chi connectivity index (χ1v) is 15.5. The van der Waals surface area contributed by atoms with Gasteiger partial charge in [-0.05, 0) is 95.8 Å². The molecular weight excluding hydrogens is 501 g/mol. The highest BCUT2D eigenvalue weighted by molar-refractivity contribution is 7.14. The number of benzene rings is 3. The summed E-state index contributed by atoms with van der Waals surface area (Å²) in [6.07, 6.45) is 11.8. The average molecular weight is 533 g/mol. The van der Waals surface area contributed by atoms with Crippen LogP contribution in [-0.2, 0) is 12.8 Å². The second-order valence-corrected chi connectivity index (χ2v) is 12.6. The van der Waals surface area contributed by atoms with Crippen LogP contribution in [-0.4, -0.2) is 9.13 Å². The van der Waals surface area contributed by atoms with Crippen molar-refractivity contribution in [3.8, 4) is 10.0 Å². The topological polar surface area (TPSA) is 9.86 Å². The second kappa shape index (κ2) is 9.76. The van der Waals surface area contributed by atoms with E-state index in [0.29, 0.717) is 0 Å². The van der Waals surface area contributed by atoms with E-state index in [2.05, 4.69) is 108 Å². The lowest BCUT2D eigenvalue weighted by Crippen LogP contribution is -1.89. The molecule has 190 valence electrons. The Balaban J connectivity index is 1.31. The van der Waals surface area contributed by atoms with Crippen LogP contribution >= 0.6 is 22.7 Å². The number of thiophene rings is 2. The number of rotatable bonds is 8. The lowest BCUT2D eigenvalue weighted by Gasteiger charge is -2.09. The summed E-state index contributed by atoms with van der Waals surface area (Å²) < 4.78 is 4.72. The Morgan fingerprint density at radius 3 is 1.34 bits per heavy atom. The van der Waals surface area contributed by atoms with E-state index in [-0.39, 0.29) is 0 Å². The van der Waals surface area contributed by atoms with Crippen LogP contribution in [0.2, 0.25) is 0 Å². The van der Waals surface area contributed by atoms with Gasteiger partial charge in [0, 0.05) is 32.9 Å². The molecule has 0 bridgehead atoms. The number of nitrogens with zero attached hydrogens (tertiary/aromatic N) is 2. The predicted molar refractivity (Wildman–Crippen MR) is 168 cm³/mol. The molecule has 0 saturated carbocycles. The minimum absolute atomic E-state index is 1.18. The zero-order valence-electron chi connectivity index (χ0n) is 22.0. The van der Waals surface area contributed by atoms with E-state index in [9.17, 15) is 0 Å². The maximum atomic E-state index is 2.36. The van der Waals surface area contributed by atoms with Gasteiger partial charge in [0.15, 0.2) is 0 Å². The number of unbranched alkanes of at least 4 members (excludes halogenated alkanes) is 2. The van der Waals surface area contributed by atoms with Crippen molar-refractivity contribution in [2.45, 2.75) is 52.4 Å². The summed E-state index contributed by atoms with van der Waals surface area (Å²) in [5, 5.41) is 10.6. The van der Waals surface area contributed by atoms with Crippen molar-refractivity contribution in [1.82, 2.24) is 9.13 Å². The predicted octanol–water partition coefficient (Wildman–Crippen LogP) is 10.7. The molecule has 7 aromatic rings. The van der Waals surface area contributed by atoms with Gasteiger partial charge in [-0.15, -0.1) is 22.7 Å². The third-order valence-corrected chi connectivity index (χ3v) is 10.1. The normalized spacial score (nSPS) is 12.1. The lowest BCUT2D eigenvalue weighted by atomic mass is 9.98. The van der Waals surface area contributed by atoms with Gasteiger partial charge in [0.2, 0.25) is 0 Å². The maximum Gasteiger partial charge on any atom is 0.0997 e. The molecule has 38 heavy (non-hydrogen) atoms. The van der Waals surface area contributed by atoms with Gasteiger partial charge in [0.05, 0.1) is 21.0 Å². The summed E-state index contributed by atoms with van der Waals surface area (Å²) in [7, 11) is 0. The van der Waals surface area contributed by atoms with E-state index in [1.165, 1.54) is 102 Å². The Morgan fingerprint density at radius 1 is 0.474 bits per heavy atom. The second-order valence-electron chi connectivity index (χ2n) is 10.3. The minimum Gasteiger partial charge on any atom is -0.308 e. The Hall–Kier alpha value is -3.34. The molecule has 0 saturated heterocycles. The van der Waals surface area contributed by atoms with Gasteiger partial charge in [-0.3, -0.25) is 0 Å². The Kier molecular flexibility index (Phi) is 6.10. The maximum absolute atomic E-state index is 2.36. The fraction of sp³-hybridized carbons (Fsp3) is 0.235. The van der Waals surface area contributed by atoms with Crippen molar-refractivity contribution >= 4 is 66.0 Å². The minimum atomic E-state index is 1.18. The van der Waals surface area contributed by atoms with Gasteiger partial charge in [-0.1, -0.05) is 51.0 Å². The van der Waals surface area contributed by atoms with Crippen LogP contribution in [0.25, 0.3) is 53.4 Å². The molecule has 0 aliphatic carbocycles. The van der Waals surface area contributed by atoms with Crippen molar-refractivity contribution in [1.29, 1.82) is 0 Å². The molecule has 0 fully saturated rings. The molecule has 4 aromatic heterocycles. The Morgan fingerprint density at radius 2 is 0.895 bits per heavy atom. The van der Waals surface area contributed by atoms with E-state index in [0.717, 1.165) is 0 Å². The summed E-state index contributed by atoms with van der Waals surface area (Å²) in [6, 6.07) is 27.7. The molecule has 0 spiro atoms. The van der Waals surface area contributed by atoms with Gasteiger partial charge < -0.3 is 9.13 Å². The van der Waals surface area contributed by atoms with Crippen molar-refractivity contribution in [3.05, 3.63) is 94.9 Å². The first-order chi connectivity index (χ1) is 18.7. The van der Waals surface area contributed by atoms with E-state index >= 15 is 0 Å². The average Bonchev–Trinajstić information content (AvgIpc) is 3.75. The van der Waals surface area contributed by atoms with Gasteiger partial charge >= 0.3 is 0 Å². The van der Waals surface area contributed by atoms with Crippen molar-refractivity contribution in [3.63, 3.8) is 0 Å². The van der Waals surface area contributed by atoms with E-state index in [1.807, 2.05) is 22.7 Å². The summed E-state index contributed by atoms with van der Waals surface area (Å²) in [6.45, 7) is 4.52. The fourth-order valence-electron chi connectivity index (χ4n) is 5.82. The molecule has 0 aliphatic heterocycles. The molecule has 0 aliphatic rings. The van der Waals surface area contributed by atoms with Crippen LogP contribution in [0.1, 0.15) is 49.3 Å². The molecule has 0 N–H and O–H groups in total. The van der Waals surface area contributed by atoms with Crippen LogP contribution in [0.3, 0.4) is 0 Å². The molecule has 2 nitrogen and oxygen atoms in total.